The van der Waals surface area contributed by atoms with Crippen LogP contribution in [0.25, 0.3) is 0 Å². The maximum Gasteiger partial charge on any atom is 0.507 e. The number of ether oxygens (including phenoxy) is 2. The number of likely N-dealkylation sites (tertiary alicyclic amines) is 1. The molecule has 142 valence electrons. The smallest absolute Gasteiger partial charge is 0.450 e. The van der Waals surface area contributed by atoms with Crippen molar-refractivity contribution in [2.24, 2.45) is 0 Å². The third kappa shape index (κ3) is 5.51. The van der Waals surface area contributed by atoms with E-state index in [-0.39, 0.29) is 18.5 Å². The molecule has 1 aliphatic heterocycles. The summed E-state index contributed by atoms with van der Waals surface area (Å²) in [7, 11) is 0. The van der Waals surface area contributed by atoms with Gasteiger partial charge in [0, 0.05) is 19.0 Å². The Morgan fingerprint density at radius 2 is 1.76 bits per heavy atom. The van der Waals surface area contributed by atoms with Crippen molar-refractivity contribution in [1.82, 2.24) is 9.80 Å². The highest BCUT2D eigenvalue weighted by molar-refractivity contribution is 5.83. The summed E-state index contributed by atoms with van der Waals surface area (Å²) in [5, 5.41) is 8.71. The molecule has 1 heterocycles. The first kappa shape index (κ1) is 19.3. The lowest BCUT2D eigenvalue weighted by Gasteiger charge is -2.41. The van der Waals surface area contributed by atoms with Crippen molar-refractivity contribution in [1.29, 1.82) is 0 Å². The number of nitrogens with zero attached hydrogens (tertiary/aromatic N) is 2. The molecule has 0 spiro atoms. The fourth-order valence-electron chi connectivity index (χ4n) is 3.18. The van der Waals surface area contributed by atoms with Crippen molar-refractivity contribution in [2.45, 2.75) is 77.2 Å². The first-order valence-corrected chi connectivity index (χ1v) is 8.86. The van der Waals surface area contributed by atoms with E-state index in [2.05, 4.69) is 4.74 Å². The number of carbonyl (C=O) groups is 3. The lowest BCUT2D eigenvalue weighted by Crippen LogP contribution is -2.57. The molecule has 25 heavy (non-hydrogen) atoms. The number of carboxylic acid groups (broad SMARTS) is 1. The highest BCUT2D eigenvalue weighted by Gasteiger charge is 2.38. The van der Waals surface area contributed by atoms with E-state index in [9.17, 15) is 14.4 Å². The van der Waals surface area contributed by atoms with Crippen molar-refractivity contribution in [3.05, 3.63) is 0 Å². The van der Waals surface area contributed by atoms with Gasteiger partial charge < -0.3 is 19.5 Å². The third-order valence-corrected chi connectivity index (χ3v) is 4.47. The second-order valence-electron chi connectivity index (χ2n) is 7.61. The van der Waals surface area contributed by atoms with Crippen molar-refractivity contribution in [2.75, 3.05) is 13.1 Å². The Morgan fingerprint density at radius 3 is 2.24 bits per heavy atom. The second-order valence-corrected chi connectivity index (χ2v) is 7.61. The summed E-state index contributed by atoms with van der Waals surface area (Å²) in [6.45, 7) is 5.69. The summed E-state index contributed by atoms with van der Waals surface area (Å²) in [4.78, 5) is 38.7. The minimum Gasteiger partial charge on any atom is -0.450 e. The van der Waals surface area contributed by atoms with Crippen LogP contribution in [-0.4, -0.2) is 64.0 Å². The first-order valence-electron chi connectivity index (χ1n) is 8.86. The largest absolute Gasteiger partial charge is 0.507 e. The predicted molar refractivity (Wildman–Crippen MR) is 89.0 cm³/mol. The SMILES string of the molecule is CC(C)(C)OC(=O)N(CC(=O)N1CCC1OC(=O)O)C1CCCCC1. The molecule has 8 heteroatoms. The zero-order valence-electron chi connectivity index (χ0n) is 15.2. The van der Waals surface area contributed by atoms with Gasteiger partial charge in [0.25, 0.3) is 0 Å². The molecule has 2 rings (SSSR count). The summed E-state index contributed by atoms with van der Waals surface area (Å²) in [5.74, 6) is -0.311. The molecule has 8 nitrogen and oxygen atoms in total. The van der Waals surface area contributed by atoms with Gasteiger partial charge in [0.2, 0.25) is 5.91 Å². The van der Waals surface area contributed by atoms with Gasteiger partial charge in [-0.2, -0.15) is 0 Å². The van der Waals surface area contributed by atoms with Crippen molar-refractivity contribution >= 4 is 18.2 Å². The standard InChI is InChI=1S/C17H28N2O6/c1-17(2,3)25-15(21)19(12-7-5-4-6-8-12)11-13(20)18-10-9-14(18)24-16(22)23/h12,14H,4-11H2,1-3H3,(H,22,23). The highest BCUT2D eigenvalue weighted by atomic mass is 16.7. The van der Waals surface area contributed by atoms with E-state index in [1.807, 2.05) is 0 Å². The van der Waals surface area contributed by atoms with Crippen LogP contribution >= 0.6 is 0 Å². The maximum absolute atomic E-state index is 12.6. The molecule has 1 aliphatic carbocycles. The Kier molecular flexibility index (Phi) is 6.13. The van der Waals surface area contributed by atoms with E-state index in [4.69, 9.17) is 9.84 Å². The van der Waals surface area contributed by atoms with Gasteiger partial charge in [-0.3, -0.25) is 9.69 Å². The molecular formula is C17H28N2O6. The zero-order chi connectivity index (χ0) is 18.6. The normalized spacial score (nSPS) is 21.2. The van der Waals surface area contributed by atoms with Gasteiger partial charge in [-0.1, -0.05) is 19.3 Å². The number of hydrogen-bond donors (Lipinski definition) is 1. The highest BCUT2D eigenvalue weighted by Crippen LogP contribution is 2.26. The molecule has 2 fully saturated rings. The minimum atomic E-state index is -1.40. The van der Waals surface area contributed by atoms with Gasteiger partial charge in [-0.15, -0.1) is 0 Å². The van der Waals surface area contributed by atoms with Gasteiger partial charge in [0.15, 0.2) is 6.23 Å². The molecule has 2 aliphatic rings. The molecule has 0 bridgehead atoms. The topological polar surface area (TPSA) is 96.4 Å². The van der Waals surface area contributed by atoms with E-state index >= 15 is 0 Å². The van der Waals surface area contributed by atoms with Crippen LogP contribution in [0.3, 0.4) is 0 Å². The molecule has 0 aromatic carbocycles. The lowest BCUT2D eigenvalue weighted by molar-refractivity contribution is -0.158. The van der Waals surface area contributed by atoms with E-state index in [0.717, 1.165) is 32.1 Å². The average Bonchev–Trinajstić information content (AvgIpc) is 2.48. The van der Waals surface area contributed by atoms with Crippen LogP contribution in [-0.2, 0) is 14.3 Å². The molecule has 1 saturated carbocycles. The maximum atomic E-state index is 12.6. The number of carbonyl (C=O) groups excluding carboxylic acids is 2. The van der Waals surface area contributed by atoms with Gasteiger partial charge in [-0.25, -0.2) is 9.59 Å². The van der Waals surface area contributed by atoms with Crippen LogP contribution in [0, 0.1) is 0 Å². The molecule has 0 radical (unpaired) electrons. The summed E-state index contributed by atoms with van der Waals surface area (Å²) in [6, 6.07) is -0.0207. The average molecular weight is 356 g/mol. The number of amides is 2. The van der Waals surface area contributed by atoms with Crippen LogP contribution in [0.1, 0.15) is 59.3 Å². The van der Waals surface area contributed by atoms with Gasteiger partial charge >= 0.3 is 12.2 Å². The van der Waals surface area contributed by atoms with E-state index in [1.165, 1.54) is 9.80 Å². The quantitative estimate of drug-likeness (QED) is 0.778. The summed E-state index contributed by atoms with van der Waals surface area (Å²) >= 11 is 0. The Labute approximate surface area is 148 Å². The van der Waals surface area contributed by atoms with E-state index < -0.39 is 24.1 Å². The molecule has 1 atom stereocenters. The van der Waals surface area contributed by atoms with Crippen molar-refractivity contribution < 1.29 is 29.0 Å². The van der Waals surface area contributed by atoms with E-state index in [0.29, 0.717) is 13.0 Å². The fourth-order valence-corrected chi connectivity index (χ4v) is 3.18. The molecule has 2 amide bonds. The van der Waals surface area contributed by atoms with E-state index in [1.54, 1.807) is 20.8 Å². The zero-order valence-corrected chi connectivity index (χ0v) is 15.2. The summed E-state index contributed by atoms with van der Waals surface area (Å²) < 4.78 is 10.1. The number of rotatable bonds is 4. The Balaban J connectivity index is 2.03. The molecule has 0 aromatic heterocycles. The molecule has 1 unspecified atom stereocenters. The molecule has 1 N–H and O–H groups in total. The first-order chi connectivity index (χ1) is 11.7. The molecule has 0 aromatic rings. The lowest BCUT2D eigenvalue weighted by atomic mass is 9.94. The van der Waals surface area contributed by atoms with Crippen LogP contribution < -0.4 is 0 Å². The fraction of sp³-hybridized carbons (Fsp3) is 0.824. The van der Waals surface area contributed by atoms with Gasteiger partial charge in [-0.05, 0) is 33.6 Å². The Bertz CT molecular complexity index is 510. The van der Waals surface area contributed by atoms with Crippen LogP contribution in [0.5, 0.6) is 0 Å². The third-order valence-electron chi connectivity index (χ3n) is 4.47. The van der Waals surface area contributed by atoms with Crippen LogP contribution in [0.15, 0.2) is 0 Å². The summed E-state index contributed by atoms with van der Waals surface area (Å²) in [6.07, 6.45) is 2.70. The van der Waals surface area contributed by atoms with Crippen molar-refractivity contribution in [3.63, 3.8) is 0 Å². The van der Waals surface area contributed by atoms with Crippen LogP contribution in [0.2, 0.25) is 0 Å². The molecular weight excluding hydrogens is 328 g/mol. The Morgan fingerprint density at radius 1 is 1.12 bits per heavy atom. The second kappa shape index (κ2) is 7.93. The number of hydrogen-bond acceptors (Lipinski definition) is 5. The van der Waals surface area contributed by atoms with Gasteiger partial charge in [0.1, 0.15) is 12.1 Å². The minimum absolute atomic E-state index is 0.0207. The van der Waals surface area contributed by atoms with Gasteiger partial charge in [0.05, 0.1) is 0 Å². The summed E-state index contributed by atoms with van der Waals surface area (Å²) in [5.41, 5.74) is -0.640. The monoisotopic (exact) mass is 356 g/mol. The van der Waals surface area contributed by atoms with Crippen molar-refractivity contribution in [3.8, 4) is 0 Å². The predicted octanol–water partition coefficient (Wildman–Crippen LogP) is 2.81. The van der Waals surface area contributed by atoms with Crippen LogP contribution in [0.4, 0.5) is 9.59 Å². The Hall–Kier alpha value is -1.99. The molecule has 1 saturated heterocycles.